The van der Waals surface area contributed by atoms with Gasteiger partial charge in [0.1, 0.15) is 22.9 Å². The Labute approximate surface area is 137 Å². The molecule has 0 bridgehead atoms. The molecule has 1 heterocycles. The Balaban J connectivity index is 2.28. The second-order valence-corrected chi connectivity index (χ2v) is 5.66. The smallest absolute Gasteiger partial charge is 0.343 e. The first-order valence-corrected chi connectivity index (χ1v) is 7.47. The van der Waals surface area contributed by atoms with Crippen LogP contribution in [0.15, 0.2) is 57.7 Å². The molecule has 4 nitrogen and oxygen atoms in total. The van der Waals surface area contributed by atoms with Gasteiger partial charge in [-0.1, -0.05) is 30.3 Å². The highest BCUT2D eigenvalue weighted by atomic mass is 18.2. The maximum atomic E-state index is 13.5. The van der Waals surface area contributed by atoms with Crippen molar-refractivity contribution in [2.24, 2.45) is 0 Å². The molecule has 0 aliphatic rings. The van der Waals surface area contributed by atoms with Gasteiger partial charge in [-0.05, 0) is 30.7 Å². The summed E-state index contributed by atoms with van der Waals surface area (Å²) >= 11 is 0. The van der Waals surface area contributed by atoms with Gasteiger partial charge in [0.15, 0.2) is 0 Å². The number of carbonyl (C=O) groups is 1. The maximum Gasteiger partial charge on any atom is 0.343 e. The highest BCUT2D eigenvalue weighted by molar-refractivity contribution is 5.85. The summed E-state index contributed by atoms with van der Waals surface area (Å²) < 4.78 is 18.7. The largest absolute Gasteiger partial charge is 0.507 e. The molecule has 24 heavy (non-hydrogen) atoms. The van der Waals surface area contributed by atoms with Gasteiger partial charge in [-0.15, -0.1) is 0 Å². The maximum absolute atomic E-state index is 13.5. The number of aromatic hydroxyl groups is 1. The Bertz CT molecular complexity index is 960. The predicted octanol–water partition coefficient (Wildman–Crippen LogP) is 3.75. The standard InChI is InChI=1S/C19H15FO4/c1-11(21)9-14(12-5-3-2-4-6-12)17-18(22)15-10-13(20)7-8-16(15)24-19(17)23/h2-8,10,14,22H,9H2,1H3/i20-1. The van der Waals surface area contributed by atoms with Crippen molar-refractivity contribution in [1.82, 2.24) is 0 Å². The van der Waals surface area contributed by atoms with Gasteiger partial charge in [-0.2, -0.15) is 0 Å². The van der Waals surface area contributed by atoms with Crippen LogP contribution in [0.2, 0.25) is 0 Å². The third kappa shape index (κ3) is 2.93. The lowest BCUT2D eigenvalue weighted by Gasteiger charge is -2.17. The molecule has 0 amide bonds. The minimum Gasteiger partial charge on any atom is -0.507 e. The Kier molecular flexibility index (Phi) is 4.16. The molecule has 5 heteroatoms. The van der Waals surface area contributed by atoms with Crippen LogP contribution in [0.25, 0.3) is 11.0 Å². The highest BCUT2D eigenvalue weighted by Crippen LogP contribution is 2.36. The topological polar surface area (TPSA) is 67.5 Å². The number of rotatable bonds is 4. The number of halogens is 1. The van der Waals surface area contributed by atoms with Crippen molar-refractivity contribution < 1.29 is 18.7 Å². The molecule has 1 atom stereocenters. The van der Waals surface area contributed by atoms with E-state index in [-0.39, 0.29) is 34.5 Å². The van der Waals surface area contributed by atoms with Gasteiger partial charge in [-0.3, -0.25) is 4.79 Å². The van der Waals surface area contributed by atoms with Gasteiger partial charge in [0.05, 0.1) is 10.9 Å². The van der Waals surface area contributed by atoms with Crippen molar-refractivity contribution in [2.45, 2.75) is 19.3 Å². The molecule has 2 aromatic carbocycles. The number of benzene rings is 2. The summed E-state index contributed by atoms with van der Waals surface area (Å²) in [5.41, 5.74) is 0.0274. The van der Waals surface area contributed by atoms with E-state index in [1.54, 1.807) is 24.3 Å². The third-order valence-corrected chi connectivity index (χ3v) is 3.92. The van der Waals surface area contributed by atoms with Crippen molar-refractivity contribution >= 4 is 16.8 Å². The van der Waals surface area contributed by atoms with Crippen LogP contribution in [0.5, 0.6) is 5.75 Å². The molecular weight excluding hydrogens is 310 g/mol. The lowest BCUT2D eigenvalue weighted by molar-refractivity contribution is -0.117. The van der Waals surface area contributed by atoms with E-state index in [2.05, 4.69) is 0 Å². The summed E-state index contributed by atoms with van der Waals surface area (Å²) in [7, 11) is 0. The molecule has 0 saturated carbocycles. The second-order valence-electron chi connectivity index (χ2n) is 5.66. The number of fused-ring (bicyclic) bond motifs is 1. The van der Waals surface area contributed by atoms with Gasteiger partial charge in [0.25, 0.3) is 0 Å². The number of ketones is 1. The van der Waals surface area contributed by atoms with E-state index in [0.29, 0.717) is 5.56 Å². The molecule has 0 aliphatic carbocycles. The average Bonchev–Trinajstić information content (AvgIpc) is 2.55. The predicted molar refractivity (Wildman–Crippen MR) is 87.7 cm³/mol. The molecule has 1 aromatic heterocycles. The first kappa shape index (κ1) is 15.9. The van der Waals surface area contributed by atoms with Crippen LogP contribution in [-0.2, 0) is 4.79 Å². The van der Waals surface area contributed by atoms with Crippen LogP contribution in [0.4, 0.5) is 4.39 Å². The summed E-state index contributed by atoms with van der Waals surface area (Å²) in [6.07, 6.45) is 0.0309. The minimum absolute atomic E-state index is 0.0309. The molecule has 122 valence electrons. The van der Waals surface area contributed by atoms with Gasteiger partial charge < -0.3 is 9.52 Å². The number of hydrogen-bond acceptors (Lipinski definition) is 4. The Morgan fingerprint density at radius 3 is 2.58 bits per heavy atom. The Morgan fingerprint density at radius 2 is 1.92 bits per heavy atom. The molecule has 0 radical (unpaired) electrons. The highest BCUT2D eigenvalue weighted by Gasteiger charge is 2.26. The fourth-order valence-electron chi connectivity index (χ4n) is 2.84. The van der Waals surface area contributed by atoms with Crippen LogP contribution in [-0.4, -0.2) is 10.9 Å². The zero-order chi connectivity index (χ0) is 17.3. The van der Waals surface area contributed by atoms with E-state index in [1.807, 2.05) is 6.07 Å². The SMILES string of the molecule is CC(=O)CC(c1ccccc1)c1c(O)c2cc([18F])ccc2oc1=O. The fraction of sp³-hybridized carbons (Fsp3) is 0.158. The van der Waals surface area contributed by atoms with Gasteiger partial charge in [0.2, 0.25) is 0 Å². The molecule has 0 saturated heterocycles. The molecule has 1 unspecified atom stereocenters. The molecular formula is C19H15FO4. The molecule has 3 aromatic rings. The average molecular weight is 325 g/mol. The Hall–Kier alpha value is -2.95. The summed E-state index contributed by atoms with van der Waals surface area (Å²) in [5, 5.41) is 10.7. The van der Waals surface area contributed by atoms with E-state index in [4.69, 9.17) is 4.42 Å². The molecule has 0 spiro atoms. The van der Waals surface area contributed by atoms with Crippen molar-refractivity contribution in [1.29, 1.82) is 0 Å². The van der Waals surface area contributed by atoms with Crippen molar-refractivity contribution in [3.63, 3.8) is 0 Å². The van der Waals surface area contributed by atoms with E-state index >= 15 is 0 Å². The fourth-order valence-corrected chi connectivity index (χ4v) is 2.84. The second kappa shape index (κ2) is 6.28. The van der Waals surface area contributed by atoms with Gasteiger partial charge >= 0.3 is 5.63 Å². The quantitative estimate of drug-likeness (QED) is 0.742. The van der Waals surface area contributed by atoms with E-state index < -0.39 is 17.4 Å². The molecule has 0 aliphatic heterocycles. The monoisotopic (exact) mass is 325 g/mol. The summed E-state index contributed by atoms with van der Waals surface area (Å²) in [4.78, 5) is 24.1. The number of Topliss-reactive ketones (excluding diaryl/α,β-unsaturated/α-hetero) is 1. The number of carbonyl (C=O) groups excluding carboxylic acids is 1. The van der Waals surface area contributed by atoms with Crippen LogP contribution >= 0.6 is 0 Å². The van der Waals surface area contributed by atoms with Crippen molar-refractivity contribution in [3.05, 3.63) is 75.9 Å². The lowest BCUT2D eigenvalue weighted by Crippen LogP contribution is -2.16. The van der Waals surface area contributed by atoms with Crippen LogP contribution < -0.4 is 5.63 Å². The summed E-state index contributed by atoms with van der Waals surface area (Å²) in [6, 6.07) is 12.4. The van der Waals surface area contributed by atoms with Gasteiger partial charge in [0, 0.05) is 12.3 Å². The van der Waals surface area contributed by atoms with E-state index in [9.17, 15) is 19.1 Å². The van der Waals surface area contributed by atoms with Crippen LogP contribution in [0, 0.1) is 5.82 Å². The van der Waals surface area contributed by atoms with Gasteiger partial charge in [-0.25, -0.2) is 9.18 Å². The lowest BCUT2D eigenvalue weighted by atomic mass is 9.87. The molecule has 0 fully saturated rings. The summed E-state index contributed by atoms with van der Waals surface area (Å²) in [5.74, 6) is -1.70. The Morgan fingerprint density at radius 1 is 1.21 bits per heavy atom. The van der Waals surface area contributed by atoms with Crippen molar-refractivity contribution in [3.8, 4) is 5.75 Å². The normalized spacial score (nSPS) is 12.2. The third-order valence-electron chi connectivity index (χ3n) is 3.92. The first-order valence-electron chi connectivity index (χ1n) is 7.47. The van der Waals surface area contributed by atoms with Crippen LogP contribution in [0.3, 0.4) is 0 Å². The molecule has 3 rings (SSSR count). The zero-order valence-electron chi connectivity index (χ0n) is 13.0. The molecule has 1 N–H and O–H groups in total. The number of hydrogen-bond donors (Lipinski definition) is 1. The minimum atomic E-state index is -0.735. The first-order chi connectivity index (χ1) is 11.5. The van der Waals surface area contributed by atoms with Crippen molar-refractivity contribution in [2.75, 3.05) is 0 Å². The van der Waals surface area contributed by atoms with Crippen LogP contribution in [0.1, 0.15) is 30.4 Å². The summed E-state index contributed by atoms with van der Waals surface area (Å²) in [6.45, 7) is 1.41. The van der Waals surface area contributed by atoms with E-state index in [0.717, 1.165) is 12.1 Å². The van der Waals surface area contributed by atoms with E-state index in [1.165, 1.54) is 13.0 Å². The zero-order valence-corrected chi connectivity index (χ0v) is 13.0.